The molecule has 2 aliphatic rings. The van der Waals surface area contributed by atoms with Crippen LogP contribution in [-0.2, 0) is 14.3 Å². The third-order valence-electron chi connectivity index (χ3n) is 5.58. The second-order valence-corrected chi connectivity index (χ2v) is 7.95. The van der Waals surface area contributed by atoms with Crippen molar-refractivity contribution in [1.29, 1.82) is 0 Å². The summed E-state index contributed by atoms with van der Waals surface area (Å²) in [6.07, 6.45) is 1.52. The first-order valence-corrected chi connectivity index (χ1v) is 11.3. The zero-order chi connectivity index (χ0) is 23.6. The third kappa shape index (κ3) is 7.26. The molecule has 11 nitrogen and oxygen atoms in total. The summed E-state index contributed by atoms with van der Waals surface area (Å²) in [5, 5.41) is 20.7. The summed E-state index contributed by atoms with van der Waals surface area (Å²) in [6.45, 7) is 4.71. The van der Waals surface area contributed by atoms with Gasteiger partial charge in [0.25, 0.3) is 0 Å². The normalized spacial score (nSPS) is 17.2. The lowest BCUT2D eigenvalue weighted by Gasteiger charge is -2.33. The van der Waals surface area contributed by atoms with Crippen molar-refractivity contribution in [2.75, 3.05) is 49.5 Å². The fraction of sp³-hybridized carbons (Fsp3) is 0.545. The molecule has 0 saturated carbocycles. The lowest BCUT2D eigenvalue weighted by atomic mass is 9.95. The van der Waals surface area contributed by atoms with Crippen molar-refractivity contribution in [3.63, 3.8) is 0 Å². The maximum atomic E-state index is 12.6. The standard InChI is InChI=1S/C22H32N6O5/c1-2-33-22(32)27-18(20(30)31)14-25-19(29)15-7-11-28(12-8-15)17-6-3-5-16(13-17)26-21-23-9-4-10-24-21/h3,5-6,13,15,18H,2,4,7-12,14H2,1H3,(H,25,29)(H,27,32)(H,30,31)(H2,23,24,26)/t18-/m0/s1. The zero-order valence-corrected chi connectivity index (χ0v) is 18.8. The molecule has 0 bridgehead atoms. The van der Waals surface area contributed by atoms with Gasteiger partial charge < -0.3 is 36.0 Å². The molecule has 0 aromatic heterocycles. The number of amides is 2. The Bertz CT molecular complexity index is 869. The van der Waals surface area contributed by atoms with Gasteiger partial charge in [-0.15, -0.1) is 0 Å². The largest absolute Gasteiger partial charge is 0.480 e. The Morgan fingerprint density at radius 2 is 2.09 bits per heavy atom. The Kier molecular flexibility index (Phi) is 8.73. The van der Waals surface area contributed by atoms with Crippen LogP contribution in [0.2, 0.25) is 0 Å². The minimum atomic E-state index is -1.24. The molecule has 11 heteroatoms. The van der Waals surface area contributed by atoms with Gasteiger partial charge in [-0.25, -0.2) is 9.59 Å². The highest BCUT2D eigenvalue weighted by Gasteiger charge is 2.27. The van der Waals surface area contributed by atoms with E-state index in [2.05, 4.69) is 37.2 Å². The molecule has 2 amide bonds. The number of carboxylic acid groups (broad SMARTS) is 1. The van der Waals surface area contributed by atoms with Crippen molar-refractivity contribution < 1.29 is 24.2 Å². The van der Waals surface area contributed by atoms with Crippen molar-refractivity contribution in [1.82, 2.24) is 16.0 Å². The van der Waals surface area contributed by atoms with Gasteiger partial charge in [-0.1, -0.05) is 6.07 Å². The molecule has 0 unspecified atom stereocenters. The minimum absolute atomic E-state index is 0.133. The van der Waals surface area contributed by atoms with Crippen LogP contribution < -0.4 is 26.2 Å². The lowest BCUT2D eigenvalue weighted by molar-refractivity contribution is -0.139. The summed E-state index contributed by atoms with van der Waals surface area (Å²) < 4.78 is 4.70. The van der Waals surface area contributed by atoms with E-state index in [9.17, 15) is 19.5 Å². The van der Waals surface area contributed by atoms with Crippen LogP contribution in [0.25, 0.3) is 0 Å². The Morgan fingerprint density at radius 3 is 2.76 bits per heavy atom. The smallest absolute Gasteiger partial charge is 0.407 e. The first-order chi connectivity index (χ1) is 16.0. The summed E-state index contributed by atoms with van der Waals surface area (Å²) in [5.41, 5.74) is 2.02. The Hall–Kier alpha value is -3.50. The van der Waals surface area contributed by atoms with Crippen LogP contribution in [0.1, 0.15) is 26.2 Å². The number of piperidine rings is 1. The SMILES string of the molecule is CCOC(=O)N[C@@H](CNC(=O)C1CCN(c2cccc(NC3=NCCCN3)c2)CC1)C(=O)O. The van der Waals surface area contributed by atoms with E-state index in [-0.39, 0.29) is 25.0 Å². The van der Waals surface area contributed by atoms with Gasteiger partial charge in [-0.2, -0.15) is 0 Å². The van der Waals surface area contributed by atoms with Gasteiger partial charge in [0.05, 0.1) is 6.61 Å². The van der Waals surface area contributed by atoms with Gasteiger partial charge >= 0.3 is 12.1 Å². The molecule has 1 saturated heterocycles. The predicted octanol–water partition coefficient (Wildman–Crippen LogP) is 0.980. The molecule has 0 radical (unpaired) electrons. The highest BCUT2D eigenvalue weighted by atomic mass is 16.5. The summed E-state index contributed by atoms with van der Waals surface area (Å²) in [5.74, 6) is -0.865. The number of benzene rings is 1. The molecule has 5 N–H and O–H groups in total. The van der Waals surface area contributed by atoms with Crippen molar-refractivity contribution >= 4 is 35.3 Å². The first kappa shape index (κ1) is 24.1. The lowest BCUT2D eigenvalue weighted by Crippen LogP contribution is -2.50. The first-order valence-electron chi connectivity index (χ1n) is 11.3. The second-order valence-electron chi connectivity index (χ2n) is 7.95. The van der Waals surface area contributed by atoms with Crippen molar-refractivity contribution in [2.45, 2.75) is 32.2 Å². The summed E-state index contributed by atoms with van der Waals surface area (Å²) in [4.78, 5) is 42.0. The molecule has 33 heavy (non-hydrogen) atoms. The monoisotopic (exact) mass is 460 g/mol. The summed E-state index contributed by atoms with van der Waals surface area (Å²) >= 11 is 0. The van der Waals surface area contributed by atoms with Crippen LogP contribution in [0.15, 0.2) is 29.3 Å². The number of nitrogens with one attached hydrogen (secondary N) is 4. The molecule has 2 aliphatic heterocycles. The van der Waals surface area contributed by atoms with E-state index in [1.807, 2.05) is 18.2 Å². The van der Waals surface area contributed by atoms with E-state index in [0.717, 1.165) is 36.8 Å². The maximum absolute atomic E-state index is 12.6. The molecule has 180 valence electrons. The van der Waals surface area contributed by atoms with Crippen molar-refractivity contribution in [2.24, 2.45) is 10.9 Å². The van der Waals surface area contributed by atoms with E-state index in [1.165, 1.54) is 0 Å². The molecule has 0 aliphatic carbocycles. The van der Waals surface area contributed by atoms with E-state index in [0.29, 0.717) is 25.9 Å². The number of hydrogen-bond donors (Lipinski definition) is 5. The number of hydrogen-bond acceptors (Lipinski definition) is 8. The number of rotatable bonds is 8. The van der Waals surface area contributed by atoms with Gasteiger partial charge in [0.2, 0.25) is 5.91 Å². The fourth-order valence-corrected chi connectivity index (χ4v) is 3.80. The molecule has 1 atom stereocenters. The number of nitrogens with zero attached hydrogens (tertiary/aromatic N) is 2. The summed E-state index contributed by atoms with van der Waals surface area (Å²) in [6, 6.07) is 6.85. The number of anilines is 2. The number of ether oxygens (including phenoxy) is 1. The molecule has 3 rings (SSSR count). The number of aliphatic imine (C=N–C) groups is 1. The quantitative estimate of drug-likeness (QED) is 0.386. The minimum Gasteiger partial charge on any atom is -0.480 e. The van der Waals surface area contributed by atoms with Crippen LogP contribution in [0.5, 0.6) is 0 Å². The Morgan fingerprint density at radius 1 is 1.30 bits per heavy atom. The van der Waals surface area contributed by atoms with Gasteiger partial charge in [-0.05, 0) is 44.4 Å². The van der Waals surface area contributed by atoms with Crippen LogP contribution in [0.4, 0.5) is 16.2 Å². The van der Waals surface area contributed by atoms with E-state index in [1.54, 1.807) is 6.92 Å². The Labute approximate surface area is 193 Å². The van der Waals surface area contributed by atoms with E-state index in [4.69, 9.17) is 4.74 Å². The van der Waals surface area contributed by atoms with Crippen molar-refractivity contribution in [3.05, 3.63) is 24.3 Å². The van der Waals surface area contributed by atoms with Crippen LogP contribution in [0, 0.1) is 5.92 Å². The summed E-state index contributed by atoms with van der Waals surface area (Å²) in [7, 11) is 0. The molecule has 1 aromatic carbocycles. The highest BCUT2D eigenvalue weighted by Crippen LogP contribution is 2.25. The van der Waals surface area contributed by atoms with E-state index < -0.39 is 18.1 Å². The van der Waals surface area contributed by atoms with Gasteiger partial charge in [0, 0.05) is 50.0 Å². The van der Waals surface area contributed by atoms with Gasteiger partial charge in [0.1, 0.15) is 6.04 Å². The average molecular weight is 461 g/mol. The van der Waals surface area contributed by atoms with Crippen LogP contribution in [-0.4, -0.2) is 74.4 Å². The third-order valence-corrected chi connectivity index (χ3v) is 5.58. The average Bonchev–Trinajstić information content (AvgIpc) is 2.82. The van der Waals surface area contributed by atoms with Crippen molar-refractivity contribution in [3.8, 4) is 0 Å². The fourth-order valence-electron chi connectivity index (χ4n) is 3.80. The van der Waals surface area contributed by atoms with E-state index >= 15 is 0 Å². The molecule has 2 heterocycles. The number of carbonyl (C=O) groups excluding carboxylic acids is 2. The van der Waals surface area contributed by atoms with Crippen LogP contribution >= 0.6 is 0 Å². The number of carboxylic acids is 1. The number of guanidine groups is 1. The molecule has 1 aromatic rings. The molecular formula is C22H32N6O5. The topological polar surface area (TPSA) is 144 Å². The molecule has 1 fully saturated rings. The zero-order valence-electron chi connectivity index (χ0n) is 18.8. The number of aliphatic carboxylic acids is 1. The van der Waals surface area contributed by atoms with Gasteiger partial charge in [0.15, 0.2) is 5.96 Å². The molecular weight excluding hydrogens is 428 g/mol. The maximum Gasteiger partial charge on any atom is 0.407 e. The van der Waals surface area contributed by atoms with Gasteiger partial charge in [-0.3, -0.25) is 9.79 Å². The van der Waals surface area contributed by atoms with Crippen LogP contribution in [0.3, 0.4) is 0 Å². The number of alkyl carbamates (subject to hydrolysis) is 1. The Balaban J connectivity index is 1.47. The molecule has 0 spiro atoms. The highest BCUT2D eigenvalue weighted by molar-refractivity contribution is 5.94. The second kappa shape index (κ2) is 11.9. The number of carbonyl (C=O) groups is 3. The predicted molar refractivity (Wildman–Crippen MR) is 125 cm³/mol.